The van der Waals surface area contributed by atoms with E-state index < -0.39 is 6.29 Å². The fraction of sp³-hybridized carbons (Fsp3) is 0.367. The Balaban J connectivity index is 1.35. The van der Waals surface area contributed by atoms with Crippen LogP contribution in [0.5, 0.6) is 0 Å². The van der Waals surface area contributed by atoms with Crippen molar-refractivity contribution in [3.05, 3.63) is 101 Å². The molecule has 0 radical (unpaired) electrons. The molecule has 0 aromatic heterocycles. The van der Waals surface area contributed by atoms with Gasteiger partial charge in [-0.1, -0.05) is 61.0 Å². The van der Waals surface area contributed by atoms with Gasteiger partial charge in [-0.3, -0.25) is 4.79 Å². The highest BCUT2D eigenvalue weighted by molar-refractivity contribution is 6.04. The average Bonchev–Trinajstić information content (AvgIpc) is 2.94. The van der Waals surface area contributed by atoms with Crippen LogP contribution in [0.15, 0.2) is 78.9 Å². The topological polar surface area (TPSA) is 71.0 Å². The van der Waals surface area contributed by atoms with Crippen molar-refractivity contribution in [3.8, 4) is 0 Å². The van der Waals surface area contributed by atoms with Crippen LogP contribution in [0.3, 0.4) is 0 Å². The first-order valence-electron chi connectivity index (χ1n) is 12.9. The summed E-state index contributed by atoms with van der Waals surface area (Å²) in [4.78, 5) is 15.2. The van der Waals surface area contributed by atoms with Crippen molar-refractivity contribution in [2.24, 2.45) is 0 Å². The van der Waals surface area contributed by atoms with Crippen LogP contribution < -0.4 is 5.32 Å². The third-order valence-electron chi connectivity index (χ3n) is 6.98. The summed E-state index contributed by atoms with van der Waals surface area (Å²) < 4.78 is 13.0. The van der Waals surface area contributed by atoms with Crippen LogP contribution in [0.1, 0.15) is 65.1 Å². The number of nitrogens with one attached hydrogen (secondary N) is 1. The number of aliphatic hydroxyl groups excluding tert-OH is 1. The highest BCUT2D eigenvalue weighted by Gasteiger charge is 2.33. The maximum absolute atomic E-state index is 12.7. The SMILES string of the molecule is O=C(Nc1cccc([C@H]2O[C@@H](CN3CCCCC3)C[C@@H](c3ccc(CO)cc3)O2)c1)c1ccccc1. The Kier molecular flexibility index (Phi) is 8.08. The number of likely N-dealkylation sites (tertiary alicyclic amines) is 1. The van der Waals surface area contributed by atoms with Crippen LogP contribution in [0.4, 0.5) is 5.69 Å². The first kappa shape index (κ1) is 24.7. The fourth-order valence-electron chi connectivity index (χ4n) is 5.02. The van der Waals surface area contributed by atoms with Gasteiger partial charge in [0.15, 0.2) is 6.29 Å². The average molecular weight is 487 g/mol. The molecule has 1 amide bonds. The standard InChI is InChI=1S/C30H34N2O4/c33-21-22-12-14-23(15-13-22)28-19-27(20-32-16-5-2-6-17-32)35-30(36-28)25-10-7-11-26(18-25)31-29(34)24-8-3-1-4-9-24/h1,3-4,7-15,18,27-28,30,33H,2,5-6,16-17,19-21H2,(H,31,34)/t27-,28+,30+/m1/s1. The maximum Gasteiger partial charge on any atom is 0.255 e. The van der Waals surface area contributed by atoms with Gasteiger partial charge < -0.3 is 24.8 Å². The van der Waals surface area contributed by atoms with Gasteiger partial charge >= 0.3 is 0 Å². The highest BCUT2D eigenvalue weighted by atomic mass is 16.7. The summed E-state index contributed by atoms with van der Waals surface area (Å²) >= 11 is 0. The first-order valence-corrected chi connectivity index (χ1v) is 12.9. The summed E-state index contributed by atoms with van der Waals surface area (Å²) in [5.41, 5.74) is 4.16. The Bertz CT molecular complexity index is 1130. The van der Waals surface area contributed by atoms with Crippen LogP contribution in [-0.4, -0.2) is 41.7 Å². The van der Waals surface area contributed by atoms with Crippen molar-refractivity contribution < 1.29 is 19.4 Å². The smallest absolute Gasteiger partial charge is 0.255 e. The van der Waals surface area contributed by atoms with E-state index in [4.69, 9.17) is 9.47 Å². The molecule has 2 fully saturated rings. The third-order valence-corrected chi connectivity index (χ3v) is 6.98. The number of amides is 1. The van der Waals surface area contributed by atoms with Gasteiger partial charge in [-0.25, -0.2) is 0 Å². The second kappa shape index (κ2) is 11.8. The lowest BCUT2D eigenvalue weighted by atomic mass is 9.99. The van der Waals surface area contributed by atoms with Crippen LogP contribution in [-0.2, 0) is 16.1 Å². The molecule has 0 spiro atoms. The van der Waals surface area contributed by atoms with E-state index in [-0.39, 0.29) is 24.7 Å². The molecular formula is C30H34N2O4. The Labute approximate surface area is 212 Å². The minimum absolute atomic E-state index is 0.0244. The lowest BCUT2D eigenvalue weighted by Gasteiger charge is -2.39. The molecule has 188 valence electrons. The second-order valence-corrected chi connectivity index (χ2v) is 9.66. The number of ether oxygens (including phenoxy) is 2. The van der Waals surface area contributed by atoms with Gasteiger partial charge in [-0.2, -0.15) is 0 Å². The number of aliphatic hydroxyl groups is 1. The minimum Gasteiger partial charge on any atom is -0.392 e. The van der Waals surface area contributed by atoms with Crippen molar-refractivity contribution in [3.63, 3.8) is 0 Å². The largest absolute Gasteiger partial charge is 0.392 e. The van der Waals surface area contributed by atoms with E-state index in [1.165, 1.54) is 19.3 Å². The van der Waals surface area contributed by atoms with E-state index >= 15 is 0 Å². The molecule has 36 heavy (non-hydrogen) atoms. The van der Waals surface area contributed by atoms with Gasteiger partial charge in [0.25, 0.3) is 5.91 Å². The molecule has 3 atom stereocenters. The predicted molar refractivity (Wildman–Crippen MR) is 140 cm³/mol. The summed E-state index contributed by atoms with van der Waals surface area (Å²) in [6, 6.07) is 24.9. The molecule has 6 nitrogen and oxygen atoms in total. The van der Waals surface area contributed by atoms with Crippen LogP contribution in [0, 0.1) is 0 Å². The zero-order valence-corrected chi connectivity index (χ0v) is 20.5. The summed E-state index contributed by atoms with van der Waals surface area (Å²) in [5.74, 6) is -0.150. The molecule has 0 aliphatic carbocycles. The number of carbonyl (C=O) groups is 1. The van der Waals surface area contributed by atoms with Crippen LogP contribution in [0.25, 0.3) is 0 Å². The number of piperidine rings is 1. The molecule has 2 aliphatic rings. The number of rotatable bonds is 7. The molecule has 3 aromatic rings. The number of hydrogen-bond donors (Lipinski definition) is 2. The third kappa shape index (κ3) is 6.20. The van der Waals surface area contributed by atoms with E-state index in [9.17, 15) is 9.90 Å². The Morgan fingerprint density at radius 2 is 1.67 bits per heavy atom. The number of anilines is 1. The normalized spacial score (nSPS) is 22.8. The molecule has 5 rings (SSSR count). The highest BCUT2D eigenvalue weighted by Crippen LogP contribution is 2.38. The van der Waals surface area contributed by atoms with Crippen molar-refractivity contribution in [1.29, 1.82) is 0 Å². The van der Waals surface area contributed by atoms with E-state index in [1.807, 2.05) is 66.7 Å². The molecule has 2 heterocycles. The zero-order chi connectivity index (χ0) is 24.7. The molecule has 6 heteroatoms. The van der Waals surface area contributed by atoms with Crippen molar-refractivity contribution in [2.45, 2.75) is 50.8 Å². The minimum atomic E-state index is -0.537. The van der Waals surface area contributed by atoms with Gasteiger partial charge in [0.1, 0.15) is 0 Å². The quantitative estimate of drug-likeness (QED) is 0.464. The summed E-state index contributed by atoms with van der Waals surface area (Å²) in [6.07, 6.45) is 3.93. The summed E-state index contributed by atoms with van der Waals surface area (Å²) in [5, 5.41) is 12.4. The molecule has 2 saturated heterocycles. The monoisotopic (exact) mass is 486 g/mol. The Hall–Kier alpha value is -3.03. The van der Waals surface area contributed by atoms with Crippen LogP contribution >= 0.6 is 0 Å². The van der Waals surface area contributed by atoms with Gasteiger partial charge in [0.05, 0.1) is 18.8 Å². The van der Waals surface area contributed by atoms with Gasteiger partial charge in [0, 0.05) is 29.8 Å². The van der Waals surface area contributed by atoms with Crippen molar-refractivity contribution >= 4 is 11.6 Å². The number of benzene rings is 3. The fourth-order valence-corrected chi connectivity index (χ4v) is 5.02. The van der Waals surface area contributed by atoms with Crippen molar-refractivity contribution in [1.82, 2.24) is 4.90 Å². The predicted octanol–water partition coefficient (Wildman–Crippen LogP) is 5.46. The van der Waals surface area contributed by atoms with E-state index in [0.29, 0.717) is 11.3 Å². The molecular weight excluding hydrogens is 452 g/mol. The summed E-state index contributed by atoms with van der Waals surface area (Å²) in [6.45, 7) is 3.14. The van der Waals surface area contributed by atoms with Gasteiger partial charge in [-0.05, 0) is 61.3 Å². The van der Waals surface area contributed by atoms with E-state index in [0.717, 1.165) is 42.7 Å². The molecule has 0 unspecified atom stereocenters. The van der Waals surface area contributed by atoms with E-state index in [1.54, 1.807) is 12.1 Å². The lowest BCUT2D eigenvalue weighted by Crippen LogP contribution is -2.41. The van der Waals surface area contributed by atoms with Crippen molar-refractivity contribution in [2.75, 3.05) is 25.0 Å². The Morgan fingerprint density at radius 1 is 0.889 bits per heavy atom. The lowest BCUT2D eigenvalue weighted by molar-refractivity contribution is -0.253. The van der Waals surface area contributed by atoms with Gasteiger partial charge in [0.2, 0.25) is 0 Å². The molecule has 3 aromatic carbocycles. The molecule has 0 saturated carbocycles. The second-order valence-electron chi connectivity index (χ2n) is 9.66. The van der Waals surface area contributed by atoms with Crippen LogP contribution in [0.2, 0.25) is 0 Å². The number of nitrogens with zero attached hydrogens (tertiary/aromatic N) is 1. The van der Waals surface area contributed by atoms with E-state index in [2.05, 4.69) is 10.2 Å². The number of hydrogen-bond acceptors (Lipinski definition) is 5. The molecule has 2 N–H and O–H groups in total. The zero-order valence-electron chi connectivity index (χ0n) is 20.5. The first-order chi connectivity index (χ1) is 17.7. The maximum atomic E-state index is 12.7. The molecule has 2 aliphatic heterocycles. The number of carbonyl (C=O) groups excluding carboxylic acids is 1. The Morgan fingerprint density at radius 3 is 2.42 bits per heavy atom. The van der Waals surface area contributed by atoms with Gasteiger partial charge in [-0.15, -0.1) is 0 Å². The summed E-state index contributed by atoms with van der Waals surface area (Å²) in [7, 11) is 0. The molecule has 0 bridgehead atoms.